The lowest BCUT2D eigenvalue weighted by molar-refractivity contribution is -0.143. The molecule has 2 aromatic rings. The van der Waals surface area contributed by atoms with Gasteiger partial charge in [0.25, 0.3) is 5.91 Å². The van der Waals surface area contributed by atoms with Crippen LogP contribution in [0.25, 0.3) is 6.08 Å². The molecule has 0 aliphatic carbocycles. The Morgan fingerprint density at radius 2 is 1.66 bits per heavy atom. The first kappa shape index (κ1) is 26.5. The van der Waals surface area contributed by atoms with E-state index in [1.165, 1.54) is 38.1 Å². The van der Waals surface area contributed by atoms with Crippen molar-refractivity contribution in [3.63, 3.8) is 0 Å². The van der Waals surface area contributed by atoms with Gasteiger partial charge in [-0.25, -0.2) is 4.79 Å². The van der Waals surface area contributed by atoms with Crippen molar-refractivity contribution in [1.29, 1.82) is 0 Å². The van der Waals surface area contributed by atoms with E-state index in [-0.39, 0.29) is 30.7 Å². The summed E-state index contributed by atoms with van der Waals surface area (Å²) in [4.78, 5) is 23.5. The second-order valence-corrected chi connectivity index (χ2v) is 9.35. The van der Waals surface area contributed by atoms with E-state index >= 15 is 0 Å². The van der Waals surface area contributed by atoms with Gasteiger partial charge in [-0.3, -0.25) is 4.79 Å². The quantitative estimate of drug-likeness (QED) is 0.355. The summed E-state index contributed by atoms with van der Waals surface area (Å²) in [5, 5.41) is 11.3. The van der Waals surface area contributed by atoms with Crippen LogP contribution >= 0.6 is 50.7 Å². The Labute approximate surface area is 205 Å². The fraction of sp³-hybridized carbons (Fsp3) is 0.238. The summed E-state index contributed by atoms with van der Waals surface area (Å²) < 4.78 is 41.3. The van der Waals surface area contributed by atoms with Crippen LogP contribution in [0.5, 0.6) is 0 Å². The van der Waals surface area contributed by atoms with E-state index in [0.29, 0.717) is 5.56 Å². The first-order chi connectivity index (χ1) is 14.6. The average molecular weight is 574 g/mol. The number of benzene rings is 2. The van der Waals surface area contributed by atoms with Crippen LogP contribution in [0.3, 0.4) is 0 Å². The van der Waals surface area contributed by atoms with Gasteiger partial charge in [-0.05, 0) is 65.2 Å². The van der Waals surface area contributed by atoms with Crippen molar-refractivity contribution in [3.05, 3.63) is 72.6 Å². The van der Waals surface area contributed by atoms with Crippen LogP contribution < -0.4 is 5.32 Å². The number of allylic oxidation sites excluding steroid dienone is 1. The molecule has 0 aliphatic heterocycles. The minimum atomic E-state index is -4.63. The molecule has 2 N–H and O–H groups in total. The van der Waals surface area contributed by atoms with Crippen molar-refractivity contribution < 1.29 is 27.9 Å². The number of carbonyl (C=O) groups is 2. The summed E-state index contributed by atoms with van der Waals surface area (Å²) in [7, 11) is 0. The molecule has 0 aliphatic rings. The Balaban J connectivity index is 2.34. The number of carboxylic acid groups (broad SMARTS) is 1. The SMILES string of the molecule is CC(C)(NC(=O)c1ccc(C=CC(c2cc(Cl)c(Cl)c(Cl)c2)C(F)(F)F)cc1Br)C(=O)O. The summed E-state index contributed by atoms with van der Waals surface area (Å²) in [5.41, 5.74) is -1.19. The number of carbonyl (C=O) groups excluding carboxylic acids is 1. The van der Waals surface area contributed by atoms with Crippen LogP contribution in [0.15, 0.2) is 40.9 Å². The maximum atomic E-state index is 13.7. The highest BCUT2D eigenvalue weighted by atomic mass is 79.9. The number of amides is 1. The van der Waals surface area contributed by atoms with Crippen LogP contribution in [0, 0.1) is 0 Å². The molecule has 0 aromatic heterocycles. The van der Waals surface area contributed by atoms with Crippen molar-refractivity contribution in [2.24, 2.45) is 0 Å². The first-order valence-electron chi connectivity index (χ1n) is 8.88. The molecule has 32 heavy (non-hydrogen) atoms. The molecule has 2 rings (SSSR count). The van der Waals surface area contributed by atoms with E-state index < -0.39 is 29.5 Å². The Morgan fingerprint density at radius 1 is 1.09 bits per heavy atom. The van der Waals surface area contributed by atoms with E-state index in [9.17, 15) is 22.8 Å². The lowest BCUT2D eigenvalue weighted by atomic mass is 9.97. The van der Waals surface area contributed by atoms with Gasteiger partial charge in [0.15, 0.2) is 0 Å². The van der Waals surface area contributed by atoms with Gasteiger partial charge in [0.05, 0.1) is 26.5 Å². The lowest BCUT2D eigenvalue weighted by Gasteiger charge is -2.21. The Kier molecular flexibility index (Phi) is 8.31. The standard InChI is InChI=1S/C21H16BrCl3F3NO3/c1-20(2,19(31)32)29-18(30)12-5-3-10(7-14(12)22)4-6-13(21(26,27)28)11-8-15(23)17(25)16(24)9-11/h3-9,13H,1-2H3,(H,29,30)(H,31,32). The van der Waals surface area contributed by atoms with E-state index in [4.69, 9.17) is 39.9 Å². The van der Waals surface area contributed by atoms with E-state index in [0.717, 1.165) is 18.2 Å². The van der Waals surface area contributed by atoms with Crippen LogP contribution in [0.2, 0.25) is 15.1 Å². The summed E-state index contributed by atoms with van der Waals surface area (Å²) in [6.45, 7) is 2.65. The topological polar surface area (TPSA) is 66.4 Å². The number of halogens is 7. The zero-order valence-electron chi connectivity index (χ0n) is 16.5. The monoisotopic (exact) mass is 571 g/mol. The number of carboxylic acids is 1. The molecule has 0 saturated carbocycles. The fourth-order valence-electron chi connectivity index (χ4n) is 2.60. The molecule has 1 amide bonds. The lowest BCUT2D eigenvalue weighted by Crippen LogP contribution is -2.49. The predicted octanol–water partition coefficient (Wildman–Crippen LogP) is 7.36. The van der Waals surface area contributed by atoms with Crippen molar-refractivity contribution in [2.75, 3.05) is 0 Å². The smallest absolute Gasteiger partial charge is 0.399 e. The molecule has 0 saturated heterocycles. The second kappa shape index (κ2) is 10.0. The molecule has 0 radical (unpaired) electrons. The molecular weight excluding hydrogens is 557 g/mol. The van der Waals surface area contributed by atoms with Gasteiger partial charge in [0, 0.05) is 4.47 Å². The van der Waals surface area contributed by atoms with Crippen molar-refractivity contribution in [1.82, 2.24) is 5.32 Å². The van der Waals surface area contributed by atoms with E-state index in [2.05, 4.69) is 21.2 Å². The molecule has 0 bridgehead atoms. The molecule has 4 nitrogen and oxygen atoms in total. The van der Waals surface area contributed by atoms with Gasteiger partial charge in [-0.15, -0.1) is 0 Å². The van der Waals surface area contributed by atoms with Crippen LogP contribution in [0.1, 0.15) is 41.3 Å². The van der Waals surface area contributed by atoms with Gasteiger partial charge < -0.3 is 10.4 Å². The number of hydrogen-bond acceptors (Lipinski definition) is 2. The average Bonchev–Trinajstić information content (AvgIpc) is 2.64. The molecule has 1 atom stereocenters. The number of nitrogens with one attached hydrogen (secondary N) is 1. The molecule has 11 heteroatoms. The highest BCUT2D eigenvalue weighted by Gasteiger charge is 2.39. The number of alkyl halides is 3. The molecular formula is C21H16BrCl3F3NO3. The number of rotatable bonds is 6. The minimum absolute atomic E-state index is 0.0362. The van der Waals surface area contributed by atoms with Crippen LogP contribution in [0.4, 0.5) is 13.2 Å². The van der Waals surface area contributed by atoms with Gasteiger partial charge in [0.1, 0.15) is 5.54 Å². The zero-order chi connectivity index (χ0) is 24.4. The minimum Gasteiger partial charge on any atom is -0.480 e. The third-order valence-electron chi connectivity index (χ3n) is 4.40. The maximum absolute atomic E-state index is 13.7. The Hall–Kier alpha value is -1.74. The number of hydrogen-bond donors (Lipinski definition) is 2. The van der Waals surface area contributed by atoms with Gasteiger partial charge in [-0.2, -0.15) is 13.2 Å². The summed E-state index contributed by atoms with van der Waals surface area (Å²) in [6.07, 6.45) is -2.45. The Morgan fingerprint density at radius 3 is 2.12 bits per heavy atom. The van der Waals surface area contributed by atoms with E-state index in [1.54, 1.807) is 0 Å². The van der Waals surface area contributed by atoms with Crippen molar-refractivity contribution in [3.8, 4) is 0 Å². The third kappa shape index (κ3) is 6.41. The predicted molar refractivity (Wildman–Crippen MR) is 123 cm³/mol. The highest BCUT2D eigenvalue weighted by molar-refractivity contribution is 9.10. The Bertz CT molecular complexity index is 1060. The first-order valence-corrected chi connectivity index (χ1v) is 10.8. The van der Waals surface area contributed by atoms with Crippen LogP contribution in [-0.2, 0) is 4.79 Å². The molecule has 0 heterocycles. The second-order valence-electron chi connectivity index (χ2n) is 7.30. The van der Waals surface area contributed by atoms with E-state index in [1.807, 2.05) is 0 Å². The summed E-state index contributed by atoms with van der Waals surface area (Å²) in [5.74, 6) is -3.88. The molecule has 0 spiro atoms. The molecule has 172 valence electrons. The van der Waals surface area contributed by atoms with Crippen molar-refractivity contribution in [2.45, 2.75) is 31.5 Å². The third-order valence-corrected chi connectivity index (χ3v) is 6.25. The van der Waals surface area contributed by atoms with Gasteiger partial charge in [0.2, 0.25) is 0 Å². The normalized spacial score (nSPS) is 13.3. The summed E-state index contributed by atoms with van der Waals surface area (Å²) >= 11 is 20.8. The van der Waals surface area contributed by atoms with Crippen molar-refractivity contribution >= 4 is 68.7 Å². The van der Waals surface area contributed by atoms with Crippen LogP contribution in [-0.4, -0.2) is 28.7 Å². The maximum Gasteiger partial charge on any atom is 0.399 e. The van der Waals surface area contributed by atoms with Gasteiger partial charge >= 0.3 is 12.1 Å². The highest BCUT2D eigenvalue weighted by Crippen LogP contribution is 2.41. The largest absolute Gasteiger partial charge is 0.480 e. The zero-order valence-corrected chi connectivity index (χ0v) is 20.4. The molecule has 2 aromatic carbocycles. The molecule has 1 unspecified atom stereocenters. The fourth-order valence-corrected chi connectivity index (χ4v) is 3.78. The summed E-state index contributed by atoms with van der Waals surface area (Å²) in [6, 6.07) is 6.45. The number of aliphatic carboxylic acids is 1. The van der Waals surface area contributed by atoms with Gasteiger partial charge in [-0.1, -0.05) is 53.0 Å². The molecule has 0 fully saturated rings.